The lowest BCUT2D eigenvalue weighted by molar-refractivity contribution is -0.127. The number of benzene rings is 1. The third-order valence-corrected chi connectivity index (χ3v) is 5.60. The van der Waals surface area contributed by atoms with Crippen LogP contribution in [0.25, 0.3) is 0 Å². The van der Waals surface area contributed by atoms with Gasteiger partial charge in [0.05, 0.1) is 0 Å². The maximum Gasteiger partial charge on any atom is 0.260 e. The first-order chi connectivity index (χ1) is 10.6. The van der Waals surface area contributed by atoms with Gasteiger partial charge >= 0.3 is 0 Å². The maximum atomic E-state index is 12.0. The van der Waals surface area contributed by atoms with Crippen LogP contribution in [0.5, 0.6) is 5.75 Å². The predicted molar refractivity (Wildman–Crippen MR) is 93.7 cm³/mol. The van der Waals surface area contributed by atoms with Gasteiger partial charge in [0.25, 0.3) is 5.91 Å². The van der Waals surface area contributed by atoms with E-state index >= 15 is 0 Å². The van der Waals surface area contributed by atoms with Crippen molar-refractivity contribution in [1.82, 2.24) is 5.32 Å². The molecule has 1 N–H and O–H groups in total. The number of aryl methyl sites for hydroxylation is 2. The van der Waals surface area contributed by atoms with Crippen LogP contribution in [0.1, 0.15) is 43.7 Å². The third kappa shape index (κ3) is 5.24. The van der Waals surface area contributed by atoms with E-state index in [1.165, 1.54) is 36.8 Å². The summed E-state index contributed by atoms with van der Waals surface area (Å²) in [5.74, 6) is 1.71. The molecule has 1 aromatic rings. The Hall–Kier alpha value is -1.16. The molecule has 1 aromatic carbocycles. The number of hydrogen-bond donors (Lipinski definition) is 1. The lowest BCUT2D eigenvalue weighted by Gasteiger charge is -2.16. The van der Waals surface area contributed by atoms with Gasteiger partial charge in [-0.05, 0) is 56.9 Å². The Bertz CT molecular complexity index is 498. The van der Waals surface area contributed by atoms with Crippen LogP contribution in [0.2, 0.25) is 0 Å². The molecule has 0 spiro atoms. The first-order valence-electron chi connectivity index (χ1n) is 8.19. The van der Waals surface area contributed by atoms with E-state index < -0.39 is 6.10 Å². The molecule has 1 aliphatic carbocycles. The van der Waals surface area contributed by atoms with Crippen molar-refractivity contribution >= 4 is 17.7 Å². The van der Waals surface area contributed by atoms with Gasteiger partial charge in [-0.2, -0.15) is 11.8 Å². The second-order valence-electron chi connectivity index (χ2n) is 6.07. The summed E-state index contributed by atoms with van der Waals surface area (Å²) in [7, 11) is 0. The Balaban J connectivity index is 1.68. The lowest BCUT2D eigenvalue weighted by atomic mass is 10.1. The monoisotopic (exact) mass is 321 g/mol. The summed E-state index contributed by atoms with van der Waals surface area (Å²) < 4.78 is 5.72. The van der Waals surface area contributed by atoms with Crippen molar-refractivity contribution in [1.29, 1.82) is 0 Å². The molecule has 3 nitrogen and oxygen atoms in total. The van der Waals surface area contributed by atoms with Crippen molar-refractivity contribution < 1.29 is 9.53 Å². The fourth-order valence-electron chi connectivity index (χ4n) is 2.64. The van der Waals surface area contributed by atoms with Gasteiger partial charge in [0, 0.05) is 17.5 Å². The molecule has 1 fully saturated rings. The fourth-order valence-corrected chi connectivity index (χ4v) is 3.86. The molecule has 0 heterocycles. The third-order valence-electron chi connectivity index (χ3n) is 4.22. The highest BCUT2D eigenvalue weighted by atomic mass is 32.2. The van der Waals surface area contributed by atoms with Crippen molar-refractivity contribution in [2.75, 3.05) is 12.3 Å². The predicted octanol–water partition coefficient (Wildman–Crippen LogP) is 3.86. The van der Waals surface area contributed by atoms with Crippen LogP contribution in [0.15, 0.2) is 18.2 Å². The summed E-state index contributed by atoms with van der Waals surface area (Å²) >= 11 is 1.99. The van der Waals surface area contributed by atoms with E-state index in [0.29, 0.717) is 0 Å². The summed E-state index contributed by atoms with van der Waals surface area (Å²) in [5.41, 5.74) is 2.41. The van der Waals surface area contributed by atoms with Gasteiger partial charge in [-0.1, -0.05) is 18.9 Å². The van der Waals surface area contributed by atoms with Crippen LogP contribution >= 0.6 is 11.8 Å². The molecule has 1 aliphatic rings. The number of thioether (sulfide) groups is 1. The number of carbonyl (C=O) groups is 1. The second kappa shape index (κ2) is 8.47. The molecule has 0 saturated heterocycles. The van der Waals surface area contributed by atoms with Crippen molar-refractivity contribution in [3.05, 3.63) is 29.3 Å². The molecule has 122 valence electrons. The molecular formula is C18H27NO2S. The first kappa shape index (κ1) is 17.2. The zero-order valence-corrected chi connectivity index (χ0v) is 14.7. The number of rotatable bonds is 7. The molecule has 1 amide bonds. The standard InChI is InChI=1S/C18H27NO2S/c1-13-8-9-16(12-14(13)2)21-15(3)18(20)19-10-11-22-17-6-4-5-7-17/h8-9,12,15,17H,4-7,10-11H2,1-3H3,(H,19,20)/t15-/m0/s1. The van der Waals surface area contributed by atoms with Crippen LogP contribution in [-0.4, -0.2) is 29.6 Å². The van der Waals surface area contributed by atoms with E-state index in [-0.39, 0.29) is 5.91 Å². The number of amides is 1. The van der Waals surface area contributed by atoms with Crippen molar-refractivity contribution in [2.24, 2.45) is 0 Å². The maximum absolute atomic E-state index is 12.0. The minimum atomic E-state index is -0.460. The Morgan fingerprint density at radius 1 is 1.32 bits per heavy atom. The largest absolute Gasteiger partial charge is 0.481 e. The minimum absolute atomic E-state index is 0.0368. The normalized spacial score (nSPS) is 16.5. The average molecular weight is 321 g/mol. The molecule has 4 heteroatoms. The average Bonchev–Trinajstić information content (AvgIpc) is 3.00. The summed E-state index contributed by atoms with van der Waals surface area (Å²) in [5, 5.41) is 3.77. The highest BCUT2D eigenvalue weighted by molar-refractivity contribution is 7.99. The molecule has 0 unspecified atom stereocenters. The van der Waals surface area contributed by atoms with Gasteiger partial charge in [0.15, 0.2) is 6.10 Å². The molecule has 0 aromatic heterocycles. The molecule has 0 bridgehead atoms. The van der Waals surface area contributed by atoms with E-state index in [0.717, 1.165) is 23.3 Å². The van der Waals surface area contributed by atoms with E-state index in [2.05, 4.69) is 12.2 Å². The van der Waals surface area contributed by atoms with Gasteiger partial charge in [-0.3, -0.25) is 4.79 Å². The molecule has 0 aliphatic heterocycles. The highest BCUT2D eigenvalue weighted by Crippen LogP contribution is 2.28. The summed E-state index contributed by atoms with van der Waals surface area (Å²) in [6.45, 7) is 6.64. The van der Waals surface area contributed by atoms with Gasteiger partial charge in [-0.15, -0.1) is 0 Å². The number of ether oxygens (including phenoxy) is 1. The Kier molecular flexibility index (Phi) is 6.62. The second-order valence-corrected chi connectivity index (χ2v) is 7.48. The molecule has 0 radical (unpaired) electrons. The minimum Gasteiger partial charge on any atom is -0.481 e. The fraction of sp³-hybridized carbons (Fsp3) is 0.611. The molecule has 1 atom stereocenters. The van der Waals surface area contributed by atoms with E-state index in [1.54, 1.807) is 6.92 Å². The lowest BCUT2D eigenvalue weighted by Crippen LogP contribution is -2.37. The smallest absolute Gasteiger partial charge is 0.260 e. The first-order valence-corrected chi connectivity index (χ1v) is 9.24. The summed E-state index contributed by atoms with van der Waals surface area (Å²) in [6.07, 6.45) is 4.95. The van der Waals surface area contributed by atoms with Crippen molar-refractivity contribution in [3.63, 3.8) is 0 Å². The Morgan fingerprint density at radius 3 is 2.73 bits per heavy atom. The summed E-state index contributed by atoms with van der Waals surface area (Å²) in [4.78, 5) is 12.0. The molecular weight excluding hydrogens is 294 g/mol. The van der Waals surface area contributed by atoms with Crippen LogP contribution in [-0.2, 0) is 4.79 Å². The van der Waals surface area contributed by atoms with Crippen molar-refractivity contribution in [2.45, 2.75) is 57.8 Å². The van der Waals surface area contributed by atoms with Gasteiger partial charge < -0.3 is 10.1 Å². The molecule has 22 heavy (non-hydrogen) atoms. The Morgan fingerprint density at radius 2 is 2.05 bits per heavy atom. The van der Waals surface area contributed by atoms with Gasteiger partial charge in [0.2, 0.25) is 0 Å². The van der Waals surface area contributed by atoms with Crippen LogP contribution in [0.4, 0.5) is 0 Å². The number of carbonyl (C=O) groups excluding carboxylic acids is 1. The topological polar surface area (TPSA) is 38.3 Å². The number of nitrogens with one attached hydrogen (secondary N) is 1. The van der Waals surface area contributed by atoms with Gasteiger partial charge in [-0.25, -0.2) is 0 Å². The van der Waals surface area contributed by atoms with Gasteiger partial charge in [0.1, 0.15) is 5.75 Å². The molecule has 1 saturated carbocycles. The number of hydrogen-bond acceptors (Lipinski definition) is 3. The SMILES string of the molecule is Cc1ccc(O[C@@H](C)C(=O)NCCSC2CCCC2)cc1C. The van der Waals surface area contributed by atoms with Crippen molar-refractivity contribution in [3.8, 4) is 5.75 Å². The van der Waals surface area contributed by atoms with Crippen LogP contribution < -0.4 is 10.1 Å². The zero-order chi connectivity index (χ0) is 15.9. The van der Waals surface area contributed by atoms with Crippen LogP contribution in [0, 0.1) is 13.8 Å². The molecule has 2 rings (SSSR count). The Labute approximate surface area is 138 Å². The quantitative estimate of drug-likeness (QED) is 0.775. The van der Waals surface area contributed by atoms with E-state index in [4.69, 9.17) is 4.74 Å². The highest BCUT2D eigenvalue weighted by Gasteiger charge is 2.16. The zero-order valence-electron chi connectivity index (χ0n) is 13.9. The van der Waals surface area contributed by atoms with E-state index in [9.17, 15) is 4.79 Å². The van der Waals surface area contributed by atoms with E-state index in [1.807, 2.05) is 36.9 Å². The summed E-state index contributed by atoms with van der Waals surface area (Å²) in [6, 6.07) is 5.92. The van der Waals surface area contributed by atoms with Crippen LogP contribution in [0.3, 0.4) is 0 Å².